The maximum absolute atomic E-state index is 11.8. The van der Waals surface area contributed by atoms with Gasteiger partial charge < -0.3 is 9.84 Å². The lowest BCUT2D eigenvalue weighted by molar-refractivity contribution is -0.160. The summed E-state index contributed by atoms with van der Waals surface area (Å²) in [5.41, 5.74) is -0.830. The monoisotopic (exact) mass is 281 g/mol. The van der Waals surface area contributed by atoms with Crippen molar-refractivity contribution in [2.45, 2.75) is 38.8 Å². The van der Waals surface area contributed by atoms with Crippen LogP contribution in [0.5, 0.6) is 0 Å². The summed E-state index contributed by atoms with van der Waals surface area (Å²) in [5.74, 6) is -0.906. The Morgan fingerprint density at radius 1 is 1.39 bits per heavy atom. The molecule has 0 spiro atoms. The van der Waals surface area contributed by atoms with E-state index in [2.05, 4.69) is 4.18 Å². The third kappa shape index (κ3) is 3.33. The van der Waals surface area contributed by atoms with E-state index in [0.717, 1.165) is 0 Å². The quantitative estimate of drug-likeness (QED) is 0.690. The second-order valence-electron chi connectivity index (χ2n) is 4.70. The molecule has 18 heavy (non-hydrogen) atoms. The fourth-order valence-corrected chi connectivity index (χ4v) is 2.52. The minimum absolute atomic E-state index is 0.00935. The highest BCUT2D eigenvalue weighted by molar-refractivity contribution is 7.85. The van der Waals surface area contributed by atoms with Gasteiger partial charge in [-0.15, -0.1) is 0 Å². The molecule has 1 fully saturated rings. The Morgan fingerprint density at radius 2 is 1.94 bits per heavy atom. The molecule has 1 aliphatic rings. The number of carbonyl (C=O) groups is 2. The summed E-state index contributed by atoms with van der Waals surface area (Å²) in [7, 11) is -4.44. The second-order valence-corrected chi connectivity index (χ2v) is 6.18. The predicted octanol–water partition coefficient (Wildman–Crippen LogP) is 0.342. The molecule has 1 rings (SSSR count). The second kappa shape index (κ2) is 4.73. The molecule has 0 aliphatic carbocycles. The minimum Gasteiger partial charge on any atom is -0.464 e. The molecular formula is C9H15NO7S. The number of ether oxygens (including phenoxy) is 1. The van der Waals surface area contributed by atoms with Gasteiger partial charge in [0.15, 0.2) is 6.04 Å². The zero-order chi connectivity index (χ0) is 14.1. The van der Waals surface area contributed by atoms with Gasteiger partial charge >= 0.3 is 22.4 Å². The van der Waals surface area contributed by atoms with Crippen molar-refractivity contribution in [3.63, 3.8) is 0 Å². The van der Waals surface area contributed by atoms with Crippen LogP contribution < -0.4 is 0 Å². The highest BCUT2D eigenvalue weighted by Gasteiger charge is 2.44. The molecule has 0 bridgehead atoms. The molecule has 0 unspecified atom stereocenters. The molecule has 1 N–H and O–H groups in total. The first kappa shape index (κ1) is 14.7. The van der Waals surface area contributed by atoms with E-state index >= 15 is 0 Å². The van der Waals surface area contributed by atoms with Crippen molar-refractivity contribution in [3.8, 4) is 0 Å². The van der Waals surface area contributed by atoms with Crippen molar-refractivity contribution in [3.05, 3.63) is 0 Å². The van der Waals surface area contributed by atoms with Gasteiger partial charge in [0, 0.05) is 6.42 Å². The molecule has 1 atom stereocenters. The highest BCUT2D eigenvalue weighted by atomic mass is 32.2. The molecule has 0 aromatic carbocycles. The van der Waals surface area contributed by atoms with Crippen LogP contribution in [0, 0.1) is 0 Å². The van der Waals surface area contributed by atoms with Crippen LogP contribution in [-0.4, -0.2) is 48.1 Å². The molecule has 0 aromatic heterocycles. The van der Waals surface area contributed by atoms with E-state index in [4.69, 9.17) is 9.84 Å². The zero-order valence-electron chi connectivity index (χ0n) is 10.2. The highest BCUT2D eigenvalue weighted by Crippen LogP contribution is 2.22. The fraction of sp³-hybridized carbons (Fsp3) is 0.778. The Bertz CT molecular complexity index is 450. The normalized spacial score (nSPS) is 23.5. The average Bonchev–Trinajstić information content (AvgIpc) is 2.11. The number of nitrogens with zero attached hydrogens (tertiary/aromatic N) is 1. The minimum atomic E-state index is -4.44. The maximum Gasteiger partial charge on any atom is 0.423 e. The van der Waals surface area contributed by atoms with Crippen molar-refractivity contribution in [2.75, 3.05) is 6.61 Å². The van der Waals surface area contributed by atoms with Crippen LogP contribution in [0.15, 0.2) is 0 Å². The molecular weight excluding hydrogens is 266 g/mol. The van der Waals surface area contributed by atoms with Crippen LogP contribution in [0.3, 0.4) is 0 Å². The van der Waals surface area contributed by atoms with Crippen LogP contribution in [0.1, 0.15) is 27.2 Å². The topological polar surface area (TPSA) is 110 Å². The third-order valence-corrected chi connectivity index (χ3v) is 3.37. The van der Waals surface area contributed by atoms with E-state index in [1.54, 1.807) is 20.8 Å². The molecule has 104 valence electrons. The Hall–Kier alpha value is -1.35. The first-order valence-electron chi connectivity index (χ1n) is 5.19. The first-order valence-corrected chi connectivity index (χ1v) is 6.56. The standard InChI is InChI=1S/C9H15NO7S/c1-9(2,3)17-7(11)6-4-5-16-18(14,15)10(6)8(12)13/h6H,4-5H2,1-3H3,(H,12,13)/t6-/m0/s1. The number of hydrogen-bond acceptors (Lipinski definition) is 6. The lowest BCUT2D eigenvalue weighted by Crippen LogP contribution is -2.53. The van der Waals surface area contributed by atoms with E-state index in [-0.39, 0.29) is 17.3 Å². The summed E-state index contributed by atoms with van der Waals surface area (Å²) in [6, 6.07) is -1.40. The summed E-state index contributed by atoms with van der Waals surface area (Å²) >= 11 is 0. The van der Waals surface area contributed by atoms with Crippen molar-refractivity contribution < 1.29 is 32.0 Å². The Kier molecular flexibility index (Phi) is 3.86. The summed E-state index contributed by atoms with van der Waals surface area (Å²) in [6.45, 7) is 4.55. The van der Waals surface area contributed by atoms with Crippen LogP contribution in [0.25, 0.3) is 0 Å². The molecule has 1 heterocycles. The number of hydrogen-bond donors (Lipinski definition) is 1. The van der Waals surface area contributed by atoms with E-state index in [0.29, 0.717) is 0 Å². The summed E-state index contributed by atoms with van der Waals surface area (Å²) in [4.78, 5) is 22.7. The molecule has 0 saturated carbocycles. The van der Waals surface area contributed by atoms with Crippen molar-refractivity contribution in [2.24, 2.45) is 0 Å². The Balaban J connectivity index is 2.99. The molecule has 1 amide bonds. The van der Waals surface area contributed by atoms with Crippen LogP contribution in [0.2, 0.25) is 0 Å². The smallest absolute Gasteiger partial charge is 0.423 e. The van der Waals surface area contributed by atoms with E-state index in [1.807, 2.05) is 0 Å². The molecule has 1 saturated heterocycles. The van der Waals surface area contributed by atoms with E-state index in [9.17, 15) is 18.0 Å². The van der Waals surface area contributed by atoms with Gasteiger partial charge in [0.25, 0.3) is 0 Å². The third-order valence-electron chi connectivity index (χ3n) is 2.01. The fourth-order valence-electron chi connectivity index (χ4n) is 1.41. The predicted molar refractivity (Wildman–Crippen MR) is 59.0 cm³/mol. The SMILES string of the molecule is CC(C)(C)OC(=O)[C@@H]1CCOS(=O)(=O)N1C(=O)O. The van der Waals surface area contributed by atoms with E-state index in [1.165, 1.54) is 0 Å². The van der Waals surface area contributed by atoms with Crippen LogP contribution in [-0.2, 0) is 24.0 Å². The number of carbonyl (C=O) groups excluding carboxylic acids is 1. The molecule has 1 aliphatic heterocycles. The van der Waals surface area contributed by atoms with Gasteiger partial charge in [-0.2, -0.15) is 12.7 Å². The lowest BCUT2D eigenvalue weighted by atomic mass is 10.1. The molecule has 0 aromatic rings. The maximum atomic E-state index is 11.8. The number of amides is 1. The zero-order valence-corrected chi connectivity index (χ0v) is 11.1. The average molecular weight is 281 g/mol. The van der Waals surface area contributed by atoms with Crippen molar-refractivity contribution in [1.29, 1.82) is 0 Å². The van der Waals surface area contributed by atoms with Gasteiger partial charge in [-0.1, -0.05) is 0 Å². The van der Waals surface area contributed by atoms with Gasteiger partial charge in [0.05, 0.1) is 6.61 Å². The van der Waals surface area contributed by atoms with Crippen LogP contribution in [0.4, 0.5) is 4.79 Å². The number of rotatable bonds is 1. The number of esters is 1. The van der Waals surface area contributed by atoms with Gasteiger partial charge in [0.1, 0.15) is 5.60 Å². The largest absolute Gasteiger partial charge is 0.464 e. The molecule has 0 radical (unpaired) electrons. The summed E-state index contributed by atoms with van der Waals surface area (Å²) in [6.07, 6.45) is -1.84. The van der Waals surface area contributed by atoms with Crippen LogP contribution >= 0.6 is 0 Å². The van der Waals surface area contributed by atoms with Crippen molar-refractivity contribution >= 4 is 22.4 Å². The van der Waals surface area contributed by atoms with Gasteiger partial charge in [-0.3, -0.25) is 4.18 Å². The van der Waals surface area contributed by atoms with E-state index < -0.39 is 34.0 Å². The molecule has 9 heteroatoms. The van der Waals surface area contributed by atoms with Crippen molar-refractivity contribution in [1.82, 2.24) is 4.31 Å². The lowest BCUT2D eigenvalue weighted by Gasteiger charge is -2.32. The Morgan fingerprint density at radius 3 is 2.39 bits per heavy atom. The Labute approximate surface area is 105 Å². The molecule has 8 nitrogen and oxygen atoms in total. The summed E-state index contributed by atoms with van der Waals surface area (Å²) < 4.78 is 32.2. The first-order chi connectivity index (χ1) is 8.04. The summed E-state index contributed by atoms with van der Waals surface area (Å²) in [5, 5.41) is 8.85. The number of carboxylic acid groups (broad SMARTS) is 1. The van der Waals surface area contributed by atoms with Gasteiger partial charge in [-0.25, -0.2) is 9.59 Å². The van der Waals surface area contributed by atoms with Gasteiger partial charge in [-0.05, 0) is 20.8 Å². The van der Waals surface area contributed by atoms with Gasteiger partial charge in [0.2, 0.25) is 0 Å².